The Balaban J connectivity index is 3.00. The second-order valence-electron chi connectivity index (χ2n) is 4.28. The molecule has 0 aliphatic carbocycles. The Labute approximate surface area is 71.7 Å². The third-order valence-electron chi connectivity index (χ3n) is 2.54. The molecule has 12 heavy (non-hydrogen) atoms. The molecule has 0 bridgehead atoms. The van der Waals surface area contributed by atoms with Gasteiger partial charge < -0.3 is 5.32 Å². The maximum atomic E-state index is 11.4. The molecule has 0 saturated carbocycles. The first-order valence-electron chi connectivity index (χ1n) is 3.91. The molecular weight excluding hydrogens is 156 g/mol. The molecule has 0 spiro atoms. The van der Waals surface area contributed by atoms with E-state index in [2.05, 4.69) is 10.6 Å². The number of rotatable bonds is 0. The van der Waals surface area contributed by atoms with Crippen LogP contribution in [0.4, 0.5) is 4.79 Å². The van der Waals surface area contributed by atoms with Crippen molar-refractivity contribution >= 4 is 11.9 Å². The van der Waals surface area contributed by atoms with Gasteiger partial charge in [0.15, 0.2) is 0 Å². The first-order valence-corrected chi connectivity index (χ1v) is 3.91. The van der Waals surface area contributed by atoms with E-state index in [0.717, 1.165) is 0 Å². The number of hydrogen-bond acceptors (Lipinski definition) is 2. The van der Waals surface area contributed by atoms with Crippen LogP contribution in [0.3, 0.4) is 0 Å². The second kappa shape index (κ2) is 2.21. The molecule has 0 aromatic rings. The van der Waals surface area contributed by atoms with Crippen LogP contribution in [0.5, 0.6) is 0 Å². The largest absolute Gasteiger partial charge is 0.323 e. The van der Waals surface area contributed by atoms with E-state index in [1.165, 1.54) is 0 Å². The maximum absolute atomic E-state index is 11.4. The van der Waals surface area contributed by atoms with Crippen LogP contribution in [-0.2, 0) is 4.79 Å². The summed E-state index contributed by atoms with van der Waals surface area (Å²) in [5.74, 6) is -0.250. The third-order valence-corrected chi connectivity index (χ3v) is 2.54. The van der Waals surface area contributed by atoms with Crippen molar-refractivity contribution in [2.75, 3.05) is 0 Å². The minimum atomic E-state index is -0.788. The average molecular weight is 170 g/mol. The van der Waals surface area contributed by atoms with Gasteiger partial charge in [-0.25, -0.2) is 4.79 Å². The predicted octanol–water partition coefficient (Wildman–Crippen LogP) is 0.631. The monoisotopic (exact) mass is 170 g/mol. The highest BCUT2D eigenvalue weighted by atomic mass is 16.2. The molecule has 0 aromatic carbocycles. The summed E-state index contributed by atoms with van der Waals surface area (Å²) in [6, 6.07) is -0.405. The molecule has 1 fully saturated rings. The van der Waals surface area contributed by atoms with Gasteiger partial charge >= 0.3 is 6.03 Å². The van der Waals surface area contributed by atoms with E-state index in [0.29, 0.717) is 0 Å². The van der Waals surface area contributed by atoms with E-state index in [1.54, 1.807) is 6.92 Å². The zero-order valence-electron chi connectivity index (χ0n) is 7.82. The molecule has 0 aromatic heterocycles. The van der Waals surface area contributed by atoms with Crippen LogP contribution in [0.15, 0.2) is 0 Å². The fourth-order valence-electron chi connectivity index (χ4n) is 1.07. The highest BCUT2D eigenvalue weighted by Gasteiger charge is 2.50. The average Bonchev–Trinajstić information content (AvgIpc) is 2.06. The summed E-state index contributed by atoms with van der Waals surface area (Å²) in [6.45, 7) is 7.47. The molecule has 0 radical (unpaired) electrons. The van der Waals surface area contributed by atoms with Gasteiger partial charge in [-0.3, -0.25) is 10.1 Å². The third kappa shape index (κ3) is 1.07. The molecule has 1 rings (SSSR count). The van der Waals surface area contributed by atoms with Crippen LogP contribution >= 0.6 is 0 Å². The Bertz CT molecular complexity index is 242. The first kappa shape index (κ1) is 9.03. The Morgan fingerprint density at radius 1 is 1.25 bits per heavy atom. The standard InChI is InChI=1S/C8H14N2O2/c1-7(2,3)8(4)5(11)9-6(12)10-8/h1-4H3,(H2,9,10,11,12)/t8-/m0/s1. The van der Waals surface area contributed by atoms with Gasteiger partial charge in [0.25, 0.3) is 5.91 Å². The summed E-state index contributed by atoms with van der Waals surface area (Å²) in [7, 11) is 0. The topological polar surface area (TPSA) is 58.2 Å². The predicted molar refractivity (Wildman–Crippen MR) is 44.5 cm³/mol. The van der Waals surface area contributed by atoms with Gasteiger partial charge in [-0.05, 0) is 12.3 Å². The maximum Gasteiger partial charge on any atom is 0.322 e. The molecule has 68 valence electrons. The number of carbonyl (C=O) groups excluding carboxylic acids is 2. The summed E-state index contributed by atoms with van der Waals surface area (Å²) in [5, 5.41) is 4.85. The van der Waals surface area contributed by atoms with Crippen molar-refractivity contribution in [3.8, 4) is 0 Å². The molecular formula is C8H14N2O2. The Morgan fingerprint density at radius 3 is 1.92 bits per heavy atom. The van der Waals surface area contributed by atoms with E-state index in [-0.39, 0.29) is 11.3 Å². The molecule has 4 heteroatoms. The van der Waals surface area contributed by atoms with E-state index in [9.17, 15) is 9.59 Å². The fourth-order valence-corrected chi connectivity index (χ4v) is 1.07. The Kier molecular flexibility index (Phi) is 1.67. The number of nitrogens with one attached hydrogen (secondary N) is 2. The van der Waals surface area contributed by atoms with Gasteiger partial charge in [0.2, 0.25) is 0 Å². The van der Waals surface area contributed by atoms with Crippen LogP contribution in [0.25, 0.3) is 0 Å². The van der Waals surface area contributed by atoms with Crippen LogP contribution < -0.4 is 10.6 Å². The zero-order chi connectivity index (χ0) is 9.57. The van der Waals surface area contributed by atoms with Crippen molar-refractivity contribution in [3.05, 3.63) is 0 Å². The second-order valence-corrected chi connectivity index (χ2v) is 4.28. The van der Waals surface area contributed by atoms with Crippen LogP contribution in [0.2, 0.25) is 0 Å². The molecule has 1 heterocycles. The van der Waals surface area contributed by atoms with Crippen LogP contribution in [0.1, 0.15) is 27.7 Å². The SMILES string of the molecule is CC(C)(C)[C@@]1(C)NC(=O)NC1=O. The van der Waals surface area contributed by atoms with Crippen molar-refractivity contribution in [1.82, 2.24) is 10.6 Å². The summed E-state index contributed by atoms with van der Waals surface area (Å²) in [4.78, 5) is 22.2. The summed E-state index contributed by atoms with van der Waals surface area (Å²) in [6.07, 6.45) is 0. The van der Waals surface area contributed by atoms with Gasteiger partial charge in [-0.2, -0.15) is 0 Å². The summed E-state index contributed by atoms with van der Waals surface area (Å²) in [5.41, 5.74) is -1.06. The lowest BCUT2D eigenvalue weighted by molar-refractivity contribution is -0.126. The highest BCUT2D eigenvalue weighted by molar-refractivity contribution is 6.07. The molecule has 1 aliphatic heterocycles. The van der Waals surface area contributed by atoms with E-state index >= 15 is 0 Å². The number of imide groups is 1. The first-order chi connectivity index (χ1) is 5.27. The molecule has 0 unspecified atom stereocenters. The molecule has 4 nitrogen and oxygen atoms in total. The van der Waals surface area contributed by atoms with Crippen molar-refractivity contribution in [2.45, 2.75) is 33.2 Å². The molecule has 1 atom stereocenters. The van der Waals surface area contributed by atoms with Crippen molar-refractivity contribution in [2.24, 2.45) is 5.41 Å². The van der Waals surface area contributed by atoms with E-state index in [1.807, 2.05) is 20.8 Å². The number of urea groups is 1. The molecule has 1 saturated heterocycles. The zero-order valence-corrected chi connectivity index (χ0v) is 7.82. The fraction of sp³-hybridized carbons (Fsp3) is 0.750. The smallest absolute Gasteiger partial charge is 0.322 e. The molecule has 2 N–H and O–H groups in total. The van der Waals surface area contributed by atoms with Gasteiger partial charge in [-0.1, -0.05) is 20.8 Å². The normalized spacial score (nSPS) is 30.0. The Morgan fingerprint density at radius 2 is 1.75 bits per heavy atom. The molecule has 1 aliphatic rings. The number of carbonyl (C=O) groups is 2. The molecule has 3 amide bonds. The van der Waals surface area contributed by atoms with Crippen molar-refractivity contribution < 1.29 is 9.59 Å². The quantitative estimate of drug-likeness (QED) is 0.524. The minimum Gasteiger partial charge on any atom is -0.323 e. The number of hydrogen-bond donors (Lipinski definition) is 2. The van der Waals surface area contributed by atoms with Crippen LogP contribution in [0, 0.1) is 5.41 Å². The summed E-state index contributed by atoms with van der Waals surface area (Å²) < 4.78 is 0. The van der Waals surface area contributed by atoms with Crippen molar-refractivity contribution in [3.63, 3.8) is 0 Å². The highest BCUT2D eigenvalue weighted by Crippen LogP contribution is 2.31. The lowest BCUT2D eigenvalue weighted by atomic mass is 9.75. The van der Waals surface area contributed by atoms with E-state index in [4.69, 9.17) is 0 Å². The lowest BCUT2D eigenvalue weighted by Crippen LogP contribution is -2.54. The van der Waals surface area contributed by atoms with Gasteiger partial charge in [0.05, 0.1) is 0 Å². The minimum absolute atomic E-state index is 0.250. The van der Waals surface area contributed by atoms with Gasteiger partial charge in [0, 0.05) is 0 Å². The van der Waals surface area contributed by atoms with Gasteiger partial charge in [0.1, 0.15) is 5.54 Å². The Hall–Kier alpha value is -1.06. The van der Waals surface area contributed by atoms with Crippen LogP contribution in [-0.4, -0.2) is 17.5 Å². The number of amides is 3. The van der Waals surface area contributed by atoms with E-state index < -0.39 is 11.6 Å². The van der Waals surface area contributed by atoms with Gasteiger partial charge in [-0.15, -0.1) is 0 Å². The summed E-state index contributed by atoms with van der Waals surface area (Å²) >= 11 is 0. The lowest BCUT2D eigenvalue weighted by Gasteiger charge is -2.35. The van der Waals surface area contributed by atoms with Crippen molar-refractivity contribution in [1.29, 1.82) is 0 Å².